The molecule has 0 radical (unpaired) electrons. The van der Waals surface area contributed by atoms with E-state index < -0.39 is 11.9 Å². The first-order chi connectivity index (χ1) is 6.16. The molecule has 76 valence electrons. The van der Waals surface area contributed by atoms with Crippen LogP contribution in [-0.4, -0.2) is 25.2 Å². The maximum absolute atomic E-state index is 10.8. The molecule has 0 aromatic rings. The van der Waals surface area contributed by atoms with Crippen molar-refractivity contribution in [2.45, 2.75) is 33.1 Å². The summed E-state index contributed by atoms with van der Waals surface area (Å²) in [6.07, 6.45) is 2.99. The van der Waals surface area contributed by atoms with E-state index >= 15 is 0 Å². The molecule has 0 aliphatic carbocycles. The van der Waals surface area contributed by atoms with Crippen LogP contribution >= 0.6 is 0 Å². The van der Waals surface area contributed by atoms with Gasteiger partial charge < -0.3 is 9.47 Å². The van der Waals surface area contributed by atoms with Gasteiger partial charge in [-0.15, -0.1) is 0 Å². The lowest BCUT2D eigenvalue weighted by Gasteiger charge is -2.03. The van der Waals surface area contributed by atoms with E-state index in [9.17, 15) is 9.59 Å². The SMILES string of the molecule is CCCCCOC(=O)COC(C)=O. The minimum atomic E-state index is -0.480. The minimum Gasteiger partial charge on any atom is -0.463 e. The van der Waals surface area contributed by atoms with E-state index in [0.29, 0.717) is 6.61 Å². The topological polar surface area (TPSA) is 52.6 Å². The van der Waals surface area contributed by atoms with E-state index in [4.69, 9.17) is 4.74 Å². The summed E-state index contributed by atoms with van der Waals surface area (Å²) in [6, 6.07) is 0. The van der Waals surface area contributed by atoms with Gasteiger partial charge in [0.2, 0.25) is 0 Å². The van der Waals surface area contributed by atoms with Gasteiger partial charge in [0.05, 0.1) is 6.61 Å². The number of ether oxygens (including phenoxy) is 2. The van der Waals surface area contributed by atoms with Crippen molar-refractivity contribution in [2.24, 2.45) is 0 Å². The number of rotatable bonds is 6. The summed E-state index contributed by atoms with van der Waals surface area (Å²) in [5, 5.41) is 0. The highest BCUT2D eigenvalue weighted by Crippen LogP contribution is 1.94. The highest BCUT2D eigenvalue weighted by molar-refractivity contribution is 5.75. The molecule has 0 rings (SSSR count). The first kappa shape index (κ1) is 11.9. The van der Waals surface area contributed by atoms with Crippen LogP contribution in [0.15, 0.2) is 0 Å². The van der Waals surface area contributed by atoms with Crippen LogP contribution in [0.3, 0.4) is 0 Å². The smallest absolute Gasteiger partial charge is 0.344 e. The second-order valence-electron chi connectivity index (χ2n) is 2.71. The zero-order valence-electron chi connectivity index (χ0n) is 8.17. The van der Waals surface area contributed by atoms with Gasteiger partial charge in [-0.25, -0.2) is 4.79 Å². The Labute approximate surface area is 78.2 Å². The molecule has 0 atom stereocenters. The molecule has 13 heavy (non-hydrogen) atoms. The van der Waals surface area contributed by atoms with Crippen LogP contribution in [0.25, 0.3) is 0 Å². The second-order valence-corrected chi connectivity index (χ2v) is 2.71. The quantitative estimate of drug-likeness (QED) is 0.465. The van der Waals surface area contributed by atoms with Crippen molar-refractivity contribution in [1.29, 1.82) is 0 Å². The van der Waals surface area contributed by atoms with Crippen LogP contribution in [0.1, 0.15) is 33.1 Å². The number of unbranched alkanes of at least 4 members (excludes halogenated alkanes) is 2. The molecule has 0 aromatic carbocycles. The minimum absolute atomic E-state index is 0.276. The highest BCUT2D eigenvalue weighted by Gasteiger charge is 2.03. The molecule has 4 heteroatoms. The van der Waals surface area contributed by atoms with Crippen LogP contribution in [0.5, 0.6) is 0 Å². The Balaban J connectivity index is 3.25. The summed E-state index contributed by atoms with van der Waals surface area (Å²) in [6.45, 7) is 3.46. The fraction of sp³-hybridized carbons (Fsp3) is 0.778. The lowest BCUT2D eigenvalue weighted by molar-refractivity contribution is -0.157. The lowest BCUT2D eigenvalue weighted by Crippen LogP contribution is -2.15. The van der Waals surface area contributed by atoms with Crippen molar-refractivity contribution in [2.75, 3.05) is 13.2 Å². The fourth-order valence-corrected chi connectivity index (χ4v) is 0.740. The summed E-state index contributed by atoms with van der Waals surface area (Å²) < 4.78 is 9.23. The van der Waals surface area contributed by atoms with E-state index in [1.807, 2.05) is 0 Å². The molecular formula is C9H16O4. The Morgan fingerprint density at radius 1 is 1.15 bits per heavy atom. The third-order valence-corrected chi connectivity index (χ3v) is 1.40. The average molecular weight is 188 g/mol. The Morgan fingerprint density at radius 2 is 1.85 bits per heavy atom. The molecule has 0 saturated heterocycles. The largest absolute Gasteiger partial charge is 0.463 e. The Bertz CT molecular complexity index is 165. The third-order valence-electron chi connectivity index (χ3n) is 1.40. The van der Waals surface area contributed by atoms with E-state index in [0.717, 1.165) is 19.3 Å². The number of hydrogen-bond acceptors (Lipinski definition) is 4. The van der Waals surface area contributed by atoms with Crippen LogP contribution in [-0.2, 0) is 19.1 Å². The summed E-state index contributed by atoms with van der Waals surface area (Å²) in [5.74, 6) is -0.947. The molecule has 0 N–H and O–H groups in total. The number of esters is 2. The zero-order valence-corrected chi connectivity index (χ0v) is 8.17. The van der Waals surface area contributed by atoms with Crippen LogP contribution in [0.4, 0.5) is 0 Å². The van der Waals surface area contributed by atoms with E-state index in [2.05, 4.69) is 11.7 Å². The normalized spacial score (nSPS) is 9.38. The molecule has 0 aromatic heterocycles. The molecule has 0 saturated carbocycles. The first-order valence-electron chi connectivity index (χ1n) is 4.45. The maximum Gasteiger partial charge on any atom is 0.344 e. The Morgan fingerprint density at radius 3 is 2.38 bits per heavy atom. The van der Waals surface area contributed by atoms with E-state index in [1.54, 1.807) is 0 Å². The van der Waals surface area contributed by atoms with Crippen LogP contribution < -0.4 is 0 Å². The van der Waals surface area contributed by atoms with Crippen molar-refractivity contribution in [1.82, 2.24) is 0 Å². The van der Waals surface area contributed by atoms with Gasteiger partial charge in [0.25, 0.3) is 0 Å². The van der Waals surface area contributed by atoms with Crippen LogP contribution in [0.2, 0.25) is 0 Å². The van der Waals surface area contributed by atoms with Gasteiger partial charge in [-0.05, 0) is 6.42 Å². The number of carbonyl (C=O) groups is 2. The van der Waals surface area contributed by atoms with Crippen molar-refractivity contribution in [3.8, 4) is 0 Å². The van der Waals surface area contributed by atoms with Crippen molar-refractivity contribution in [3.05, 3.63) is 0 Å². The first-order valence-corrected chi connectivity index (χ1v) is 4.45. The van der Waals surface area contributed by atoms with Gasteiger partial charge in [0.1, 0.15) is 0 Å². The summed E-state index contributed by atoms with van der Waals surface area (Å²) in [4.78, 5) is 21.1. The summed E-state index contributed by atoms with van der Waals surface area (Å²) >= 11 is 0. The third kappa shape index (κ3) is 8.85. The molecule has 0 heterocycles. The Kier molecular flexibility index (Phi) is 6.96. The highest BCUT2D eigenvalue weighted by atomic mass is 16.6. The number of carbonyl (C=O) groups excluding carboxylic acids is 2. The van der Waals surface area contributed by atoms with E-state index in [-0.39, 0.29) is 6.61 Å². The molecule has 0 fully saturated rings. The molecule has 0 aliphatic rings. The predicted octanol–water partition coefficient (Wildman–Crippen LogP) is 1.28. The molecular weight excluding hydrogens is 172 g/mol. The maximum atomic E-state index is 10.8. The monoisotopic (exact) mass is 188 g/mol. The molecule has 0 unspecified atom stereocenters. The molecule has 0 spiro atoms. The molecule has 0 aliphatic heterocycles. The van der Waals surface area contributed by atoms with Gasteiger partial charge >= 0.3 is 11.9 Å². The number of hydrogen-bond donors (Lipinski definition) is 0. The van der Waals surface area contributed by atoms with Crippen LogP contribution in [0, 0.1) is 0 Å². The van der Waals surface area contributed by atoms with Gasteiger partial charge in [-0.3, -0.25) is 4.79 Å². The molecule has 4 nitrogen and oxygen atoms in total. The Hall–Kier alpha value is -1.06. The van der Waals surface area contributed by atoms with Crippen molar-refractivity contribution in [3.63, 3.8) is 0 Å². The molecule has 0 amide bonds. The summed E-state index contributed by atoms with van der Waals surface area (Å²) in [5.41, 5.74) is 0. The van der Waals surface area contributed by atoms with Gasteiger partial charge in [0, 0.05) is 6.92 Å². The standard InChI is InChI=1S/C9H16O4/c1-3-4-5-6-12-9(11)7-13-8(2)10/h3-7H2,1-2H3. The fourth-order valence-electron chi connectivity index (χ4n) is 0.740. The van der Waals surface area contributed by atoms with Crippen molar-refractivity contribution < 1.29 is 19.1 Å². The predicted molar refractivity (Wildman–Crippen MR) is 47.1 cm³/mol. The average Bonchev–Trinajstić information content (AvgIpc) is 2.09. The van der Waals surface area contributed by atoms with Gasteiger partial charge in [-0.1, -0.05) is 19.8 Å². The van der Waals surface area contributed by atoms with E-state index in [1.165, 1.54) is 6.92 Å². The summed E-state index contributed by atoms with van der Waals surface area (Å²) in [7, 11) is 0. The zero-order chi connectivity index (χ0) is 10.1. The lowest BCUT2D eigenvalue weighted by atomic mass is 10.3. The van der Waals surface area contributed by atoms with Crippen molar-refractivity contribution >= 4 is 11.9 Å². The molecule has 0 bridgehead atoms. The van der Waals surface area contributed by atoms with Gasteiger partial charge in [0.15, 0.2) is 6.61 Å². The second kappa shape index (κ2) is 7.58. The van der Waals surface area contributed by atoms with Gasteiger partial charge in [-0.2, -0.15) is 0 Å².